The van der Waals surface area contributed by atoms with Crippen molar-refractivity contribution in [3.8, 4) is 0 Å². The number of likely N-dealkylation sites (tertiary alicyclic amines) is 1. The van der Waals surface area contributed by atoms with Crippen LogP contribution in [-0.2, 0) is 11.3 Å². The van der Waals surface area contributed by atoms with Gasteiger partial charge in [0.1, 0.15) is 0 Å². The van der Waals surface area contributed by atoms with Crippen LogP contribution in [0.1, 0.15) is 18.4 Å². The van der Waals surface area contributed by atoms with E-state index in [1.807, 2.05) is 25.2 Å². The minimum absolute atomic E-state index is 0.212. The molecule has 1 unspecified atom stereocenters. The molecule has 0 spiro atoms. The van der Waals surface area contributed by atoms with Crippen molar-refractivity contribution in [3.63, 3.8) is 0 Å². The topological polar surface area (TPSA) is 32.3 Å². The van der Waals surface area contributed by atoms with Gasteiger partial charge >= 0.3 is 0 Å². The Kier molecular flexibility index (Phi) is 4.49. The molecule has 1 atom stereocenters. The number of piperidine rings is 1. The van der Waals surface area contributed by atoms with Gasteiger partial charge in [-0.15, -0.1) is 0 Å². The monoisotopic (exact) mass is 286 g/mol. The maximum Gasteiger partial charge on any atom is 0.222 e. The van der Waals surface area contributed by atoms with Crippen LogP contribution < -0.4 is 5.32 Å². The first-order chi connectivity index (χ1) is 8.58. The van der Waals surface area contributed by atoms with Crippen LogP contribution in [0, 0.1) is 0 Å². The van der Waals surface area contributed by atoms with Crippen LogP contribution in [-0.4, -0.2) is 30.4 Å². The summed E-state index contributed by atoms with van der Waals surface area (Å²) in [5.74, 6) is 0.212. The summed E-state index contributed by atoms with van der Waals surface area (Å²) in [4.78, 5) is 13.1. The van der Waals surface area contributed by atoms with E-state index in [0.717, 1.165) is 18.5 Å². The second-order valence-electron chi connectivity index (χ2n) is 4.59. The van der Waals surface area contributed by atoms with Gasteiger partial charge in [0.25, 0.3) is 0 Å². The van der Waals surface area contributed by atoms with Crippen LogP contribution >= 0.6 is 23.2 Å². The van der Waals surface area contributed by atoms with E-state index in [2.05, 4.69) is 5.32 Å². The third kappa shape index (κ3) is 3.16. The lowest BCUT2D eigenvalue weighted by Gasteiger charge is -2.30. The van der Waals surface area contributed by atoms with E-state index >= 15 is 0 Å². The van der Waals surface area contributed by atoms with Gasteiger partial charge in [0.2, 0.25) is 5.91 Å². The number of hydrogen-bond acceptors (Lipinski definition) is 2. The van der Waals surface area contributed by atoms with Gasteiger partial charge < -0.3 is 10.2 Å². The van der Waals surface area contributed by atoms with Gasteiger partial charge in [-0.05, 0) is 18.6 Å². The molecule has 5 heteroatoms. The molecular weight excluding hydrogens is 271 g/mol. The third-order valence-electron chi connectivity index (χ3n) is 3.26. The number of halogens is 2. The van der Waals surface area contributed by atoms with Crippen molar-refractivity contribution in [3.05, 3.63) is 33.8 Å². The van der Waals surface area contributed by atoms with Gasteiger partial charge in [-0.1, -0.05) is 29.3 Å². The molecule has 0 radical (unpaired) electrons. The van der Waals surface area contributed by atoms with E-state index < -0.39 is 0 Å². The molecule has 1 N–H and O–H groups in total. The molecule has 1 heterocycles. The zero-order valence-corrected chi connectivity index (χ0v) is 11.8. The number of carbonyl (C=O) groups is 1. The Bertz CT molecular complexity index is 430. The Labute approximate surface area is 117 Å². The predicted octanol–water partition coefficient (Wildman–Crippen LogP) is 2.70. The van der Waals surface area contributed by atoms with Crippen LogP contribution in [0.5, 0.6) is 0 Å². The molecule has 2 rings (SSSR count). The van der Waals surface area contributed by atoms with Gasteiger partial charge in [0.05, 0.1) is 0 Å². The SMILES string of the molecule is CN1CC(NCc2c(Cl)cccc2Cl)CCC1=O. The minimum atomic E-state index is 0.212. The average molecular weight is 287 g/mol. The number of amides is 1. The Balaban J connectivity index is 1.94. The van der Waals surface area contributed by atoms with Crippen molar-refractivity contribution in [1.29, 1.82) is 0 Å². The minimum Gasteiger partial charge on any atom is -0.344 e. The molecule has 0 saturated carbocycles. The standard InChI is InChI=1S/C13H16Cl2N2O/c1-17-8-9(5-6-13(17)18)16-7-10-11(14)3-2-4-12(10)15/h2-4,9,16H,5-8H2,1H3. The van der Waals surface area contributed by atoms with Crippen LogP contribution in [0.4, 0.5) is 0 Å². The molecule has 1 aliphatic heterocycles. The van der Waals surface area contributed by atoms with E-state index in [9.17, 15) is 4.79 Å². The maximum absolute atomic E-state index is 11.4. The molecule has 0 aromatic heterocycles. The molecule has 98 valence electrons. The summed E-state index contributed by atoms with van der Waals surface area (Å²) in [7, 11) is 1.83. The summed E-state index contributed by atoms with van der Waals surface area (Å²) in [6.07, 6.45) is 1.47. The van der Waals surface area contributed by atoms with Gasteiger partial charge in [-0.3, -0.25) is 4.79 Å². The number of hydrogen-bond donors (Lipinski definition) is 1. The first-order valence-corrected chi connectivity index (χ1v) is 6.73. The summed E-state index contributed by atoms with van der Waals surface area (Å²) in [5.41, 5.74) is 0.917. The zero-order valence-electron chi connectivity index (χ0n) is 10.2. The van der Waals surface area contributed by atoms with E-state index in [-0.39, 0.29) is 5.91 Å². The number of nitrogens with one attached hydrogen (secondary N) is 1. The van der Waals surface area contributed by atoms with E-state index in [0.29, 0.717) is 29.1 Å². The normalized spacial score (nSPS) is 20.3. The lowest BCUT2D eigenvalue weighted by atomic mass is 10.1. The summed E-state index contributed by atoms with van der Waals surface area (Å²) >= 11 is 12.2. The predicted molar refractivity (Wildman–Crippen MR) is 74.0 cm³/mol. The van der Waals surface area contributed by atoms with Gasteiger partial charge in [-0.2, -0.15) is 0 Å². The largest absolute Gasteiger partial charge is 0.344 e. The molecule has 1 amide bonds. The first kappa shape index (κ1) is 13.7. The molecule has 18 heavy (non-hydrogen) atoms. The molecule has 1 aromatic carbocycles. The van der Waals surface area contributed by atoms with Gasteiger partial charge in [-0.25, -0.2) is 0 Å². The fourth-order valence-corrected chi connectivity index (χ4v) is 2.66. The second-order valence-corrected chi connectivity index (χ2v) is 5.41. The fourth-order valence-electron chi connectivity index (χ4n) is 2.13. The average Bonchev–Trinajstić information content (AvgIpc) is 2.33. The van der Waals surface area contributed by atoms with Crippen LogP contribution in [0.2, 0.25) is 10.0 Å². The van der Waals surface area contributed by atoms with Gasteiger partial charge in [0, 0.05) is 48.2 Å². The van der Waals surface area contributed by atoms with Crippen LogP contribution in [0.3, 0.4) is 0 Å². The Hall–Kier alpha value is -0.770. The summed E-state index contributed by atoms with van der Waals surface area (Å²) in [5, 5.41) is 4.76. The highest BCUT2D eigenvalue weighted by Gasteiger charge is 2.22. The van der Waals surface area contributed by atoms with Crippen molar-refractivity contribution >= 4 is 29.1 Å². The van der Waals surface area contributed by atoms with Crippen LogP contribution in [0.25, 0.3) is 0 Å². The molecule has 1 aliphatic rings. The van der Waals surface area contributed by atoms with Gasteiger partial charge in [0.15, 0.2) is 0 Å². The van der Waals surface area contributed by atoms with Crippen molar-refractivity contribution in [2.45, 2.75) is 25.4 Å². The highest BCUT2D eigenvalue weighted by atomic mass is 35.5. The molecule has 1 fully saturated rings. The molecule has 1 aromatic rings. The molecular formula is C13H16Cl2N2O. The van der Waals surface area contributed by atoms with E-state index in [4.69, 9.17) is 23.2 Å². The number of nitrogens with zero attached hydrogens (tertiary/aromatic N) is 1. The first-order valence-electron chi connectivity index (χ1n) is 5.98. The summed E-state index contributed by atoms with van der Waals surface area (Å²) in [6.45, 7) is 1.37. The lowest BCUT2D eigenvalue weighted by molar-refractivity contribution is -0.132. The van der Waals surface area contributed by atoms with Crippen molar-refractivity contribution in [2.75, 3.05) is 13.6 Å². The number of likely N-dealkylation sites (N-methyl/N-ethyl adjacent to an activating group) is 1. The van der Waals surface area contributed by atoms with Crippen molar-refractivity contribution in [1.82, 2.24) is 10.2 Å². The molecule has 0 bridgehead atoms. The maximum atomic E-state index is 11.4. The van der Waals surface area contributed by atoms with Crippen LogP contribution in [0.15, 0.2) is 18.2 Å². The lowest BCUT2D eigenvalue weighted by Crippen LogP contribution is -2.46. The van der Waals surface area contributed by atoms with Crippen molar-refractivity contribution < 1.29 is 4.79 Å². The third-order valence-corrected chi connectivity index (χ3v) is 3.96. The number of benzene rings is 1. The smallest absolute Gasteiger partial charge is 0.222 e. The quantitative estimate of drug-likeness (QED) is 0.927. The molecule has 3 nitrogen and oxygen atoms in total. The highest BCUT2D eigenvalue weighted by Crippen LogP contribution is 2.24. The summed E-state index contributed by atoms with van der Waals surface area (Å²) < 4.78 is 0. The fraction of sp³-hybridized carbons (Fsp3) is 0.462. The molecule has 0 aliphatic carbocycles. The highest BCUT2D eigenvalue weighted by molar-refractivity contribution is 6.35. The Morgan fingerprint density at radius 1 is 1.39 bits per heavy atom. The Morgan fingerprint density at radius 3 is 2.67 bits per heavy atom. The molecule has 1 saturated heterocycles. The van der Waals surface area contributed by atoms with Crippen molar-refractivity contribution in [2.24, 2.45) is 0 Å². The second kappa shape index (κ2) is 5.91. The summed E-state index contributed by atoms with van der Waals surface area (Å²) in [6, 6.07) is 5.81. The van der Waals surface area contributed by atoms with E-state index in [1.165, 1.54) is 0 Å². The zero-order chi connectivity index (χ0) is 13.1. The number of carbonyl (C=O) groups excluding carboxylic acids is 1. The Morgan fingerprint density at radius 2 is 2.06 bits per heavy atom. The van der Waals surface area contributed by atoms with E-state index in [1.54, 1.807) is 4.90 Å². The number of rotatable bonds is 3.